The largest absolute Gasteiger partial charge is 0.492 e. The number of hydrazone groups is 1. The van der Waals surface area contributed by atoms with Crippen molar-refractivity contribution in [1.82, 2.24) is 5.43 Å². The minimum absolute atomic E-state index is 0.183. The van der Waals surface area contributed by atoms with Crippen LogP contribution in [0.1, 0.15) is 12.5 Å². The molecule has 0 spiro atoms. The Kier molecular flexibility index (Phi) is 9.21. The SMILES string of the molecule is CCOc1ccccc1NC(=O)C(=O)N/N=C\c1ccc(OCC(=O)Nc2cccc(Cl)c2)cc1. The predicted octanol–water partition coefficient (Wildman–Crippen LogP) is 3.85. The van der Waals surface area contributed by atoms with Crippen LogP contribution in [0.25, 0.3) is 0 Å². The smallest absolute Gasteiger partial charge is 0.329 e. The van der Waals surface area contributed by atoms with Crippen molar-refractivity contribution in [1.29, 1.82) is 0 Å². The fourth-order valence-electron chi connectivity index (χ4n) is 2.81. The third-order valence-electron chi connectivity index (χ3n) is 4.38. The lowest BCUT2D eigenvalue weighted by Crippen LogP contribution is -2.32. The molecule has 35 heavy (non-hydrogen) atoms. The molecule has 0 radical (unpaired) electrons. The Balaban J connectivity index is 1.44. The third kappa shape index (κ3) is 8.17. The maximum Gasteiger partial charge on any atom is 0.329 e. The molecule has 0 heterocycles. The van der Waals surface area contributed by atoms with Gasteiger partial charge in [0, 0.05) is 10.7 Å². The molecule has 0 aliphatic heterocycles. The van der Waals surface area contributed by atoms with E-state index in [1.54, 1.807) is 72.8 Å². The van der Waals surface area contributed by atoms with E-state index < -0.39 is 11.8 Å². The molecule has 0 bridgehead atoms. The number of amides is 3. The second-order valence-corrected chi connectivity index (χ2v) is 7.44. The molecule has 10 heteroatoms. The number of nitrogens with one attached hydrogen (secondary N) is 3. The first-order chi connectivity index (χ1) is 16.9. The Bertz CT molecular complexity index is 1210. The number of para-hydroxylation sites is 2. The molecule has 0 saturated carbocycles. The van der Waals surface area contributed by atoms with E-state index in [9.17, 15) is 14.4 Å². The second-order valence-electron chi connectivity index (χ2n) is 7.00. The Morgan fingerprint density at radius 3 is 2.43 bits per heavy atom. The molecule has 9 nitrogen and oxygen atoms in total. The van der Waals surface area contributed by atoms with Crippen LogP contribution >= 0.6 is 11.6 Å². The number of rotatable bonds is 9. The molecule has 0 unspecified atom stereocenters. The van der Waals surface area contributed by atoms with E-state index in [-0.39, 0.29) is 12.5 Å². The summed E-state index contributed by atoms with van der Waals surface area (Å²) in [5, 5.41) is 9.48. The van der Waals surface area contributed by atoms with Gasteiger partial charge in [0.25, 0.3) is 5.91 Å². The number of carbonyl (C=O) groups excluding carboxylic acids is 3. The highest BCUT2D eigenvalue weighted by Gasteiger charge is 2.15. The van der Waals surface area contributed by atoms with Crippen molar-refractivity contribution in [2.45, 2.75) is 6.92 Å². The Labute approximate surface area is 207 Å². The molecule has 3 aromatic rings. The second kappa shape index (κ2) is 12.8. The summed E-state index contributed by atoms with van der Waals surface area (Å²) >= 11 is 5.89. The van der Waals surface area contributed by atoms with Crippen molar-refractivity contribution in [2.24, 2.45) is 5.10 Å². The number of hydrogen-bond donors (Lipinski definition) is 3. The summed E-state index contributed by atoms with van der Waals surface area (Å²) < 4.78 is 10.9. The zero-order chi connectivity index (χ0) is 25.0. The molecule has 0 aromatic heterocycles. The zero-order valence-electron chi connectivity index (χ0n) is 18.8. The van der Waals surface area contributed by atoms with E-state index in [0.717, 1.165) is 0 Å². The zero-order valence-corrected chi connectivity index (χ0v) is 19.5. The number of nitrogens with zero attached hydrogens (tertiary/aromatic N) is 1. The summed E-state index contributed by atoms with van der Waals surface area (Å²) in [7, 11) is 0. The van der Waals surface area contributed by atoms with Gasteiger partial charge in [-0.15, -0.1) is 0 Å². The summed E-state index contributed by atoms with van der Waals surface area (Å²) in [6, 6.07) is 20.2. The minimum atomic E-state index is -0.932. The van der Waals surface area contributed by atoms with Crippen molar-refractivity contribution in [2.75, 3.05) is 23.8 Å². The van der Waals surface area contributed by atoms with Gasteiger partial charge < -0.3 is 20.1 Å². The quantitative estimate of drug-likeness (QED) is 0.237. The third-order valence-corrected chi connectivity index (χ3v) is 4.61. The first-order valence-corrected chi connectivity index (χ1v) is 11.0. The Hall–Kier alpha value is -4.37. The van der Waals surface area contributed by atoms with E-state index in [1.165, 1.54) is 6.21 Å². The molecule has 3 amide bonds. The average Bonchev–Trinajstić information content (AvgIpc) is 2.85. The highest BCUT2D eigenvalue weighted by Crippen LogP contribution is 2.23. The number of carbonyl (C=O) groups is 3. The number of ether oxygens (including phenoxy) is 2. The highest BCUT2D eigenvalue weighted by molar-refractivity contribution is 6.39. The normalized spacial score (nSPS) is 10.5. The van der Waals surface area contributed by atoms with Gasteiger partial charge in [-0.2, -0.15) is 5.10 Å². The maximum absolute atomic E-state index is 12.1. The standard InChI is InChI=1S/C25H23ClN4O5/c1-2-34-22-9-4-3-8-21(22)29-24(32)25(33)30-27-15-17-10-12-20(13-11-17)35-16-23(31)28-19-7-5-6-18(26)14-19/h3-15H,2,16H2,1H3,(H,28,31)(H,29,32)(H,30,33)/b27-15-. The molecule has 0 aliphatic carbocycles. The number of halogens is 1. The van der Waals surface area contributed by atoms with Crippen LogP contribution in [-0.2, 0) is 14.4 Å². The van der Waals surface area contributed by atoms with Crippen molar-refractivity contribution in [3.8, 4) is 11.5 Å². The molecule has 180 valence electrons. The van der Waals surface area contributed by atoms with Crippen LogP contribution in [0.3, 0.4) is 0 Å². The van der Waals surface area contributed by atoms with Crippen LogP contribution in [0.5, 0.6) is 11.5 Å². The fraction of sp³-hybridized carbons (Fsp3) is 0.120. The van der Waals surface area contributed by atoms with Crippen molar-refractivity contribution in [3.63, 3.8) is 0 Å². The van der Waals surface area contributed by atoms with Gasteiger partial charge in [-0.25, -0.2) is 5.43 Å². The fourth-order valence-corrected chi connectivity index (χ4v) is 3.00. The van der Waals surface area contributed by atoms with Crippen LogP contribution < -0.4 is 25.5 Å². The lowest BCUT2D eigenvalue weighted by molar-refractivity contribution is -0.136. The van der Waals surface area contributed by atoms with Crippen LogP contribution in [0.15, 0.2) is 77.9 Å². The average molecular weight is 495 g/mol. The molecule has 3 N–H and O–H groups in total. The predicted molar refractivity (Wildman–Crippen MR) is 134 cm³/mol. The first-order valence-electron chi connectivity index (χ1n) is 10.6. The maximum atomic E-state index is 12.1. The lowest BCUT2D eigenvalue weighted by atomic mass is 10.2. The summed E-state index contributed by atoms with van der Waals surface area (Å²) in [6.45, 7) is 2.05. The summed E-state index contributed by atoms with van der Waals surface area (Å²) in [4.78, 5) is 36.1. The molecular weight excluding hydrogens is 472 g/mol. The Morgan fingerprint density at radius 2 is 1.69 bits per heavy atom. The van der Waals surface area contributed by atoms with Crippen LogP contribution in [-0.4, -0.2) is 37.1 Å². The van der Waals surface area contributed by atoms with Gasteiger partial charge in [0.1, 0.15) is 11.5 Å². The van der Waals surface area contributed by atoms with E-state index in [4.69, 9.17) is 21.1 Å². The van der Waals surface area contributed by atoms with E-state index in [1.807, 2.05) is 6.92 Å². The lowest BCUT2D eigenvalue weighted by Gasteiger charge is -2.10. The van der Waals surface area contributed by atoms with E-state index >= 15 is 0 Å². The van der Waals surface area contributed by atoms with Crippen LogP contribution in [0.2, 0.25) is 5.02 Å². The molecule has 3 aromatic carbocycles. The van der Waals surface area contributed by atoms with Crippen LogP contribution in [0.4, 0.5) is 11.4 Å². The minimum Gasteiger partial charge on any atom is -0.492 e. The molecular formula is C25H23ClN4O5. The van der Waals surface area contributed by atoms with Gasteiger partial charge in [-0.3, -0.25) is 14.4 Å². The van der Waals surface area contributed by atoms with Gasteiger partial charge in [0.05, 0.1) is 18.5 Å². The summed E-state index contributed by atoms with van der Waals surface area (Å²) in [5.41, 5.74) is 3.77. The number of hydrogen-bond acceptors (Lipinski definition) is 6. The van der Waals surface area contributed by atoms with Gasteiger partial charge >= 0.3 is 11.8 Å². The van der Waals surface area contributed by atoms with Gasteiger partial charge in [0.2, 0.25) is 0 Å². The summed E-state index contributed by atoms with van der Waals surface area (Å²) in [5.74, 6) is -1.21. The van der Waals surface area contributed by atoms with E-state index in [0.29, 0.717) is 40.1 Å². The highest BCUT2D eigenvalue weighted by atomic mass is 35.5. The summed E-state index contributed by atoms with van der Waals surface area (Å²) in [6.07, 6.45) is 1.37. The molecule has 3 rings (SSSR count). The van der Waals surface area contributed by atoms with Crippen molar-refractivity contribution < 1.29 is 23.9 Å². The Morgan fingerprint density at radius 1 is 0.914 bits per heavy atom. The van der Waals surface area contributed by atoms with Crippen LogP contribution in [0, 0.1) is 0 Å². The van der Waals surface area contributed by atoms with Gasteiger partial charge in [-0.1, -0.05) is 29.8 Å². The topological polar surface area (TPSA) is 118 Å². The molecule has 0 fully saturated rings. The van der Waals surface area contributed by atoms with E-state index in [2.05, 4.69) is 21.2 Å². The number of benzene rings is 3. The number of anilines is 2. The van der Waals surface area contributed by atoms with Gasteiger partial charge in [-0.05, 0) is 67.1 Å². The molecule has 0 saturated heterocycles. The molecule has 0 atom stereocenters. The van der Waals surface area contributed by atoms with Crippen molar-refractivity contribution in [3.05, 3.63) is 83.4 Å². The molecule has 0 aliphatic rings. The first kappa shape index (κ1) is 25.3. The van der Waals surface area contributed by atoms with Crippen molar-refractivity contribution >= 4 is 46.9 Å². The van der Waals surface area contributed by atoms with Gasteiger partial charge in [0.15, 0.2) is 6.61 Å². The monoisotopic (exact) mass is 494 g/mol.